The second-order valence-corrected chi connectivity index (χ2v) is 6.82. The van der Waals surface area contributed by atoms with Crippen LogP contribution in [0.1, 0.15) is 0 Å². The lowest BCUT2D eigenvalue weighted by atomic mass is 10.3. The number of sulfonamides is 1. The molecule has 116 valence electrons. The summed E-state index contributed by atoms with van der Waals surface area (Å²) in [7, 11) is -2.04. The summed E-state index contributed by atoms with van der Waals surface area (Å²) in [6.45, 7) is 1.92. The molecule has 2 heterocycles. The van der Waals surface area contributed by atoms with Crippen LogP contribution in [0.5, 0.6) is 0 Å². The van der Waals surface area contributed by atoms with Crippen molar-refractivity contribution in [2.45, 2.75) is 4.90 Å². The number of hydrogen-bond donors (Lipinski definition) is 1. The molecule has 8 nitrogen and oxygen atoms in total. The van der Waals surface area contributed by atoms with Crippen LogP contribution in [0.4, 0.5) is 0 Å². The lowest BCUT2D eigenvalue weighted by Crippen LogP contribution is -2.50. The highest BCUT2D eigenvalue weighted by atomic mass is 35.5. The average Bonchev–Trinajstić information content (AvgIpc) is 2.48. The molecule has 1 N–H and O–H groups in total. The monoisotopic (exact) mass is 333 g/mol. The smallest absolute Gasteiger partial charge is 0.246 e. The summed E-state index contributed by atoms with van der Waals surface area (Å²) in [4.78, 5) is 20.6. The molecule has 0 aliphatic carbocycles. The molecule has 1 aliphatic heterocycles. The van der Waals surface area contributed by atoms with Gasteiger partial charge in [0.1, 0.15) is 4.90 Å². The van der Waals surface area contributed by atoms with Gasteiger partial charge < -0.3 is 5.32 Å². The Labute approximate surface area is 128 Å². The number of rotatable bonds is 4. The van der Waals surface area contributed by atoms with Crippen molar-refractivity contribution in [1.29, 1.82) is 0 Å². The maximum absolute atomic E-state index is 12.4. The number of hydrogen-bond acceptors (Lipinski definition) is 6. The third-order valence-corrected chi connectivity index (χ3v) is 5.26. The molecule has 1 amide bonds. The van der Waals surface area contributed by atoms with Crippen LogP contribution < -0.4 is 5.32 Å². The van der Waals surface area contributed by atoms with E-state index in [1.54, 1.807) is 7.05 Å². The molecule has 0 radical (unpaired) electrons. The first kappa shape index (κ1) is 16.1. The third-order valence-electron chi connectivity index (χ3n) is 3.21. The van der Waals surface area contributed by atoms with Gasteiger partial charge in [0.25, 0.3) is 0 Å². The SMILES string of the molecule is CNC(=O)CN1CCN(S(=O)(=O)c2cnc(Cl)nc2)CC1. The van der Waals surface area contributed by atoms with Crippen molar-refractivity contribution in [2.24, 2.45) is 0 Å². The maximum atomic E-state index is 12.4. The normalized spacial score (nSPS) is 17.6. The Kier molecular flexibility index (Phi) is 5.09. The number of nitrogens with zero attached hydrogens (tertiary/aromatic N) is 4. The largest absolute Gasteiger partial charge is 0.358 e. The van der Waals surface area contributed by atoms with Crippen LogP contribution >= 0.6 is 11.6 Å². The van der Waals surface area contributed by atoms with Gasteiger partial charge >= 0.3 is 0 Å². The Balaban J connectivity index is 2.01. The minimum Gasteiger partial charge on any atom is -0.358 e. The van der Waals surface area contributed by atoms with Gasteiger partial charge in [-0.15, -0.1) is 0 Å². The first-order chi connectivity index (χ1) is 9.93. The van der Waals surface area contributed by atoms with E-state index in [0.717, 1.165) is 0 Å². The molecule has 1 aromatic heterocycles. The van der Waals surface area contributed by atoms with Crippen LogP contribution in [0.15, 0.2) is 17.3 Å². The molecule has 0 spiro atoms. The first-order valence-electron chi connectivity index (χ1n) is 6.34. The zero-order chi connectivity index (χ0) is 15.5. The molecular weight excluding hydrogens is 318 g/mol. The molecule has 1 saturated heterocycles. The van der Waals surface area contributed by atoms with E-state index in [9.17, 15) is 13.2 Å². The average molecular weight is 334 g/mol. The summed E-state index contributed by atoms with van der Waals surface area (Å²) in [5.74, 6) is -0.0857. The zero-order valence-corrected chi connectivity index (χ0v) is 13.1. The minimum atomic E-state index is -3.61. The van der Waals surface area contributed by atoms with Crippen molar-refractivity contribution in [3.05, 3.63) is 17.7 Å². The van der Waals surface area contributed by atoms with Gasteiger partial charge in [0.2, 0.25) is 21.2 Å². The lowest BCUT2D eigenvalue weighted by Gasteiger charge is -2.33. The fourth-order valence-corrected chi connectivity index (χ4v) is 3.40. The molecular formula is C11H16ClN5O3S. The number of piperazine rings is 1. The molecule has 21 heavy (non-hydrogen) atoms. The van der Waals surface area contributed by atoms with Gasteiger partial charge in [-0.1, -0.05) is 0 Å². The van der Waals surface area contributed by atoms with E-state index in [0.29, 0.717) is 26.2 Å². The van der Waals surface area contributed by atoms with Crippen LogP contribution in [-0.4, -0.2) is 73.3 Å². The summed E-state index contributed by atoms with van der Waals surface area (Å²) in [5.41, 5.74) is 0. The van der Waals surface area contributed by atoms with Crippen molar-refractivity contribution in [1.82, 2.24) is 24.5 Å². The van der Waals surface area contributed by atoms with Crippen molar-refractivity contribution in [3.63, 3.8) is 0 Å². The van der Waals surface area contributed by atoms with Crippen molar-refractivity contribution in [3.8, 4) is 0 Å². The molecule has 0 bridgehead atoms. The summed E-state index contributed by atoms with van der Waals surface area (Å²) in [6.07, 6.45) is 2.39. The highest BCUT2D eigenvalue weighted by molar-refractivity contribution is 7.89. The molecule has 0 aromatic carbocycles. The molecule has 1 aliphatic rings. The second kappa shape index (κ2) is 6.65. The summed E-state index contributed by atoms with van der Waals surface area (Å²) >= 11 is 5.55. The van der Waals surface area contributed by atoms with E-state index in [-0.39, 0.29) is 22.6 Å². The van der Waals surface area contributed by atoms with Crippen LogP contribution in [0.25, 0.3) is 0 Å². The van der Waals surface area contributed by atoms with E-state index in [1.165, 1.54) is 16.7 Å². The standard InChI is InChI=1S/C11H16ClN5O3S/c1-13-10(18)8-16-2-4-17(5-3-16)21(19,20)9-6-14-11(12)15-7-9/h6-7H,2-5,8H2,1H3,(H,13,18). The van der Waals surface area contributed by atoms with Gasteiger partial charge in [0.05, 0.1) is 18.9 Å². The van der Waals surface area contributed by atoms with Gasteiger partial charge in [-0.3, -0.25) is 9.69 Å². The molecule has 2 rings (SSSR count). The number of amides is 1. The number of nitrogens with one attached hydrogen (secondary N) is 1. The van der Waals surface area contributed by atoms with E-state index in [1.807, 2.05) is 4.90 Å². The fraction of sp³-hybridized carbons (Fsp3) is 0.545. The molecule has 1 fully saturated rings. The second-order valence-electron chi connectivity index (χ2n) is 4.54. The third kappa shape index (κ3) is 3.88. The highest BCUT2D eigenvalue weighted by Gasteiger charge is 2.29. The van der Waals surface area contributed by atoms with E-state index in [4.69, 9.17) is 11.6 Å². The molecule has 1 aromatic rings. The summed E-state index contributed by atoms with van der Waals surface area (Å²) in [6, 6.07) is 0. The number of likely N-dealkylation sites (N-methyl/N-ethyl adjacent to an activating group) is 1. The molecule has 10 heteroatoms. The summed E-state index contributed by atoms with van der Waals surface area (Å²) < 4.78 is 26.1. The Morgan fingerprint density at radius 3 is 2.38 bits per heavy atom. The first-order valence-corrected chi connectivity index (χ1v) is 8.16. The lowest BCUT2D eigenvalue weighted by molar-refractivity contribution is -0.122. The van der Waals surface area contributed by atoms with Gasteiger partial charge in [-0.2, -0.15) is 4.31 Å². The zero-order valence-electron chi connectivity index (χ0n) is 11.5. The highest BCUT2D eigenvalue weighted by Crippen LogP contribution is 2.16. The predicted molar refractivity (Wildman–Crippen MR) is 76.3 cm³/mol. The van der Waals surface area contributed by atoms with E-state index >= 15 is 0 Å². The number of carbonyl (C=O) groups is 1. The Morgan fingerprint density at radius 1 is 1.29 bits per heavy atom. The van der Waals surface area contributed by atoms with Crippen LogP contribution in [0.3, 0.4) is 0 Å². The Morgan fingerprint density at radius 2 is 1.86 bits per heavy atom. The van der Waals surface area contributed by atoms with Gasteiger partial charge in [0.15, 0.2) is 0 Å². The van der Waals surface area contributed by atoms with Gasteiger partial charge in [0, 0.05) is 33.2 Å². The number of aromatic nitrogens is 2. The van der Waals surface area contributed by atoms with Gasteiger partial charge in [-0.05, 0) is 11.6 Å². The van der Waals surface area contributed by atoms with Gasteiger partial charge in [-0.25, -0.2) is 18.4 Å². The fourth-order valence-electron chi connectivity index (χ4n) is 1.99. The maximum Gasteiger partial charge on any atom is 0.246 e. The topological polar surface area (TPSA) is 95.5 Å². The molecule has 0 saturated carbocycles. The Hall–Kier alpha value is -1.29. The van der Waals surface area contributed by atoms with Crippen LogP contribution in [0, 0.1) is 0 Å². The number of carbonyl (C=O) groups excluding carboxylic acids is 1. The van der Waals surface area contributed by atoms with E-state index < -0.39 is 10.0 Å². The summed E-state index contributed by atoms with van der Waals surface area (Å²) in [5, 5.41) is 2.55. The van der Waals surface area contributed by atoms with Crippen molar-refractivity contribution >= 4 is 27.5 Å². The van der Waals surface area contributed by atoms with Crippen molar-refractivity contribution in [2.75, 3.05) is 39.8 Å². The van der Waals surface area contributed by atoms with Crippen LogP contribution in [-0.2, 0) is 14.8 Å². The number of halogens is 1. The van der Waals surface area contributed by atoms with E-state index in [2.05, 4.69) is 15.3 Å². The predicted octanol–water partition coefficient (Wildman–Crippen LogP) is -0.818. The minimum absolute atomic E-state index is 0.00403. The molecule has 0 unspecified atom stereocenters. The molecule has 0 atom stereocenters. The Bertz CT molecular complexity index is 599. The van der Waals surface area contributed by atoms with Crippen LogP contribution in [0.2, 0.25) is 5.28 Å². The quantitative estimate of drug-likeness (QED) is 0.723. The van der Waals surface area contributed by atoms with Crippen molar-refractivity contribution < 1.29 is 13.2 Å².